The molecule has 0 amide bonds. The molecule has 1 saturated heterocycles. The Kier molecular flexibility index (Phi) is 4.53. The second-order valence-electron chi connectivity index (χ2n) is 5.82. The number of oxazole rings is 1. The molecule has 1 aliphatic heterocycles. The first-order chi connectivity index (χ1) is 11.9. The van der Waals surface area contributed by atoms with E-state index in [0.717, 1.165) is 29.5 Å². The maximum atomic E-state index is 5.55. The molecule has 3 aromatic heterocycles. The zero-order valence-electron chi connectivity index (χ0n) is 13.3. The van der Waals surface area contributed by atoms with Crippen molar-refractivity contribution >= 4 is 17.2 Å². The van der Waals surface area contributed by atoms with Gasteiger partial charge in [-0.1, -0.05) is 6.07 Å². The van der Waals surface area contributed by atoms with Gasteiger partial charge in [0.1, 0.15) is 6.26 Å². The fourth-order valence-corrected chi connectivity index (χ4v) is 3.72. The predicted octanol–water partition coefficient (Wildman–Crippen LogP) is 2.95. The number of aromatic nitrogens is 3. The Morgan fingerprint density at radius 1 is 1.33 bits per heavy atom. The molecule has 0 aliphatic carbocycles. The van der Waals surface area contributed by atoms with Gasteiger partial charge in [-0.3, -0.25) is 0 Å². The summed E-state index contributed by atoms with van der Waals surface area (Å²) in [5.74, 6) is 1.66. The van der Waals surface area contributed by atoms with Gasteiger partial charge in [0.05, 0.1) is 10.6 Å². The lowest BCUT2D eigenvalue weighted by atomic mass is 10.2. The van der Waals surface area contributed by atoms with E-state index in [0.29, 0.717) is 18.5 Å². The third-order valence-electron chi connectivity index (χ3n) is 4.20. The first-order valence-electron chi connectivity index (χ1n) is 8.13. The molecule has 4 heterocycles. The maximum Gasteiger partial charge on any atom is 0.236 e. The molecule has 1 atom stereocenters. The minimum Gasteiger partial charge on any atom is -0.444 e. The standard InChI is InChI=1S/C17H19N5OS/c1-6-16(21-19-7-1)22-8-2-4-14(22)11-18-10-13-12-23-17(20-13)15-5-3-9-24-15/h1,3,5-7,9,12,14,18H,2,4,8,10-11H2/t14-/m1/s1. The molecule has 0 spiro atoms. The summed E-state index contributed by atoms with van der Waals surface area (Å²) in [7, 11) is 0. The van der Waals surface area contributed by atoms with Crippen LogP contribution < -0.4 is 10.2 Å². The van der Waals surface area contributed by atoms with Crippen molar-refractivity contribution in [2.75, 3.05) is 18.0 Å². The van der Waals surface area contributed by atoms with Crippen LogP contribution in [0.5, 0.6) is 0 Å². The summed E-state index contributed by atoms with van der Waals surface area (Å²) in [5.41, 5.74) is 0.933. The Hall–Kier alpha value is -2.25. The van der Waals surface area contributed by atoms with Crippen LogP contribution in [0, 0.1) is 0 Å². The lowest BCUT2D eigenvalue weighted by molar-refractivity contribution is 0.555. The lowest BCUT2D eigenvalue weighted by Gasteiger charge is -2.25. The molecule has 0 unspecified atom stereocenters. The van der Waals surface area contributed by atoms with Crippen molar-refractivity contribution in [1.29, 1.82) is 0 Å². The van der Waals surface area contributed by atoms with Crippen molar-refractivity contribution < 1.29 is 4.42 Å². The Labute approximate surface area is 144 Å². The molecule has 0 aromatic carbocycles. The zero-order valence-corrected chi connectivity index (χ0v) is 14.1. The van der Waals surface area contributed by atoms with Crippen molar-refractivity contribution in [2.24, 2.45) is 0 Å². The summed E-state index contributed by atoms with van der Waals surface area (Å²) in [6.45, 7) is 2.65. The van der Waals surface area contributed by atoms with E-state index < -0.39 is 0 Å². The van der Waals surface area contributed by atoms with Gasteiger partial charge in [-0.2, -0.15) is 5.10 Å². The molecule has 7 heteroatoms. The van der Waals surface area contributed by atoms with Gasteiger partial charge in [-0.05, 0) is 36.4 Å². The Morgan fingerprint density at radius 3 is 3.17 bits per heavy atom. The lowest BCUT2D eigenvalue weighted by Crippen LogP contribution is -2.38. The van der Waals surface area contributed by atoms with E-state index >= 15 is 0 Å². The summed E-state index contributed by atoms with van der Waals surface area (Å²) in [6.07, 6.45) is 5.80. The van der Waals surface area contributed by atoms with Crippen LogP contribution in [0.25, 0.3) is 10.8 Å². The number of nitrogens with one attached hydrogen (secondary N) is 1. The number of rotatable bonds is 6. The summed E-state index contributed by atoms with van der Waals surface area (Å²) >= 11 is 1.64. The number of thiophene rings is 1. The van der Waals surface area contributed by atoms with Crippen molar-refractivity contribution in [3.05, 3.63) is 47.8 Å². The van der Waals surface area contributed by atoms with Crippen LogP contribution in [0.2, 0.25) is 0 Å². The molecule has 3 aromatic rings. The average molecular weight is 341 g/mol. The summed E-state index contributed by atoms with van der Waals surface area (Å²) < 4.78 is 5.55. The van der Waals surface area contributed by atoms with E-state index in [2.05, 4.69) is 25.4 Å². The number of anilines is 1. The summed E-state index contributed by atoms with van der Waals surface area (Å²) in [5, 5.41) is 13.7. The number of nitrogens with zero attached hydrogens (tertiary/aromatic N) is 4. The van der Waals surface area contributed by atoms with Gasteiger partial charge < -0.3 is 14.6 Å². The van der Waals surface area contributed by atoms with Crippen molar-refractivity contribution in [2.45, 2.75) is 25.4 Å². The highest BCUT2D eigenvalue weighted by Crippen LogP contribution is 2.24. The van der Waals surface area contributed by atoms with Crippen molar-refractivity contribution in [3.63, 3.8) is 0 Å². The van der Waals surface area contributed by atoms with Crippen LogP contribution in [0.1, 0.15) is 18.5 Å². The zero-order chi connectivity index (χ0) is 16.2. The van der Waals surface area contributed by atoms with E-state index in [1.807, 2.05) is 29.6 Å². The molecule has 1 aliphatic rings. The molecular weight excluding hydrogens is 322 g/mol. The Bertz CT molecular complexity index is 758. The molecule has 0 saturated carbocycles. The van der Waals surface area contributed by atoms with Gasteiger partial charge >= 0.3 is 0 Å². The van der Waals surface area contributed by atoms with E-state index in [1.165, 1.54) is 12.8 Å². The van der Waals surface area contributed by atoms with Crippen LogP contribution in [0.4, 0.5) is 5.82 Å². The molecular formula is C17H19N5OS. The van der Waals surface area contributed by atoms with E-state index in [9.17, 15) is 0 Å². The molecule has 1 N–H and O–H groups in total. The Balaban J connectivity index is 1.32. The molecule has 4 rings (SSSR count). The third kappa shape index (κ3) is 3.32. The molecule has 6 nitrogen and oxygen atoms in total. The van der Waals surface area contributed by atoms with Crippen LogP contribution in [0.3, 0.4) is 0 Å². The minimum atomic E-state index is 0.449. The van der Waals surface area contributed by atoms with E-state index in [-0.39, 0.29) is 0 Å². The first-order valence-corrected chi connectivity index (χ1v) is 9.01. The van der Waals surface area contributed by atoms with E-state index in [1.54, 1.807) is 23.8 Å². The fourth-order valence-electron chi connectivity index (χ4n) is 3.06. The monoisotopic (exact) mass is 341 g/mol. The first kappa shape index (κ1) is 15.3. The quantitative estimate of drug-likeness (QED) is 0.743. The van der Waals surface area contributed by atoms with E-state index in [4.69, 9.17) is 4.42 Å². The molecule has 1 fully saturated rings. The van der Waals surface area contributed by atoms with Gasteiger partial charge in [-0.15, -0.1) is 16.4 Å². The van der Waals surface area contributed by atoms with Gasteiger partial charge in [0.25, 0.3) is 0 Å². The van der Waals surface area contributed by atoms with Crippen LogP contribution in [-0.2, 0) is 6.54 Å². The normalized spacial score (nSPS) is 17.5. The van der Waals surface area contributed by atoms with Crippen molar-refractivity contribution in [1.82, 2.24) is 20.5 Å². The minimum absolute atomic E-state index is 0.449. The highest BCUT2D eigenvalue weighted by Gasteiger charge is 2.25. The van der Waals surface area contributed by atoms with Gasteiger partial charge in [0.15, 0.2) is 5.82 Å². The number of hydrogen-bond acceptors (Lipinski definition) is 7. The molecule has 24 heavy (non-hydrogen) atoms. The molecule has 124 valence electrons. The van der Waals surface area contributed by atoms with Crippen LogP contribution in [-0.4, -0.2) is 34.3 Å². The second kappa shape index (κ2) is 7.11. The van der Waals surface area contributed by atoms with Gasteiger partial charge in [-0.25, -0.2) is 4.98 Å². The van der Waals surface area contributed by atoms with Crippen LogP contribution >= 0.6 is 11.3 Å². The largest absolute Gasteiger partial charge is 0.444 e. The fraction of sp³-hybridized carbons (Fsp3) is 0.353. The molecule has 0 radical (unpaired) electrons. The topological polar surface area (TPSA) is 67.1 Å². The van der Waals surface area contributed by atoms with Gasteiger partial charge in [0.2, 0.25) is 5.89 Å². The third-order valence-corrected chi connectivity index (χ3v) is 5.06. The highest BCUT2D eigenvalue weighted by molar-refractivity contribution is 7.13. The molecule has 0 bridgehead atoms. The summed E-state index contributed by atoms with van der Waals surface area (Å²) in [4.78, 5) is 7.93. The van der Waals surface area contributed by atoms with Crippen LogP contribution in [0.15, 0.2) is 46.5 Å². The smallest absolute Gasteiger partial charge is 0.236 e. The average Bonchev–Trinajstić information content (AvgIpc) is 3.37. The summed E-state index contributed by atoms with van der Waals surface area (Å²) in [6, 6.07) is 8.43. The van der Waals surface area contributed by atoms with Gasteiger partial charge in [0, 0.05) is 31.9 Å². The second-order valence-corrected chi connectivity index (χ2v) is 6.77. The highest BCUT2D eigenvalue weighted by atomic mass is 32.1. The SMILES string of the molecule is c1cnnc(N2CCC[C@@H]2CNCc2coc(-c3cccs3)n2)c1. The number of hydrogen-bond donors (Lipinski definition) is 1. The van der Waals surface area contributed by atoms with Crippen molar-refractivity contribution in [3.8, 4) is 10.8 Å². The maximum absolute atomic E-state index is 5.55. The predicted molar refractivity (Wildman–Crippen MR) is 93.9 cm³/mol. The Morgan fingerprint density at radius 2 is 2.33 bits per heavy atom.